The number of furan rings is 1. The lowest BCUT2D eigenvalue weighted by Gasteiger charge is -2.32. The lowest BCUT2D eigenvalue weighted by molar-refractivity contribution is 0.00578. The minimum atomic E-state index is -0.414. The van der Waals surface area contributed by atoms with Gasteiger partial charge in [-0.3, -0.25) is 0 Å². The maximum atomic E-state index is 6.38. The number of fused-ring (bicyclic) bond motifs is 4. The molecular weight excluding hydrogens is 625 g/mol. The number of nitrogens with zero attached hydrogens (tertiary/aromatic N) is 1. The van der Waals surface area contributed by atoms with Crippen LogP contribution < -0.4 is 10.4 Å². The van der Waals surface area contributed by atoms with Gasteiger partial charge in [0.15, 0.2) is 0 Å². The second-order valence-electron chi connectivity index (χ2n) is 14.7. The molecule has 51 heavy (non-hydrogen) atoms. The molecule has 1 aromatic heterocycles. The van der Waals surface area contributed by atoms with Crippen molar-refractivity contribution in [3.63, 3.8) is 0 Å². The predicted octanol–water partition coefficient (Wildman–Crippen LogP) is 11.5. The first-order valence-corrected chi connectivity index (χ1v) is 17.9. The highest BCUT2D eigenvalue weighted by Gasteiger charge is 2.51. The van der Waals surface area contributed by atoms with Gasteiger partial charge in [-0.25, -0.2) is 0 Å². The van der Waals surface area contributed by atoms with Crippen molar-refractivity contribution in [2.75, 3.05) is 4.90 Å². The molecule has 1 unspecified atom stereocenters. The molecule has 3 aliphatic rings. The van der Waals surface area contributed by atoms with Gasteiger partial charge in [0.05, 0.1) is 11.2 Å². The summed E-state index contributed by atoms with van der Waals surface area (Å²) in [6.07, 6.45) is 14.5. The zero-order valence-electron chi connectivity index (χ0n) is 29.5. The van der Waals surface area contributed by atoms with Crippen LogP contribution in [0.4, 0.5) is 17.1 Å². The second kappa shape index (κ2) is 12.2. The van der Waals surface area contributed by atoms with E-state index in [0.29, 0.717) is 5.92 Å². The van der Waals surface area contributed by atoms with E-state index in [9.17, 15) is 0 Å². The van der Waals surface area contributed by atoms with Crippen molar-refractivity contribution in [3.8, 4) is 11.1 Å². The van der Waals surface area contributed by atoms with Gasteiger partial charge in [-0.15, -0.1) is 0 Å². The van der Waals surface area contributed by atoms with Crippen LogP contribution in [0, 0.1) is 5.92 Å². The average Bonchev–Trinajstić information content (AvgIpc) is 3.64. The molecular formula is C46H40BNO3. The van der Waals surface area contributed by atoms with Crippen LogP contribution in [0.2, 0.25) is 0 Å². The Hall–Kier alpha value is -5.36. The van der Waals surface area contributed by atoms with Crippen molar-refractivity contribution in [3.05, 3.63) is 163 Å². The number of anilines is 3. The zero-order valence-corrected chi connectivity index (χ0v) is 29.5. The van der Waals surface area contributed by atoms with Gasteiger partial charge in [0.1, 0.15) is 11.2 Å². The van der Waals surface area contributed by atoms with E-state index in [1.54, 1.807) is 0 Å². The fourth-order valence-corrected chi connectivity index (χ4v) is 7.53. The topological polar surface area (TPSA) is 34.8 Å². The summed E-state index contributed by atoms with van der Waals surface area (Å²) in [4.78, 5) is 2.31. The van der Waals surface area contributed by atoms with E-state index in [2.05, 4.69) is 172 Å². The molecule has 5 aromatic carbocycles. The molecule has 1 atom stereocenters. The van der Waals surface area contributed by atoms with Crippen molar-refractivity contribution in [2.45, 2.75) is 45.3 Å². The summed E-state index contributed by atoms with van der Waals surface area (Å²) in [5, 5.41) is 2.27. The molecule has 4 nitrogen and oxygen atoms in total. The van der Waals surface area contributed by atoms with Crippen molar-refractivity contribution in [2.24, 2.45) is 5.92 Å². The van der Waals surface area contributed by atoms with Crippen LogP contribution in [0.5, 0.6) is 0 Å². The van der Waals surface area contributed by atoms with Gasteiger partial charge in [-0.2, -0.15) is 0 Å². The molecule has 0 N–H and O–H groups in total. The lowest BCUT2D eigenvalue weighted by atomic mass is 9.79. The molecule has 1 saturated heterocycles. The average molecular weight is 666 g/mol. The van der Waals surface area contributed by atoms with Gasteiger partial charge in [-0.05, 0) is 104 Å². The molecule has 0 radical (unpaired) electrons. The third kappa shape index (κ3) is 5.49. The first kappa shape index (κ1) is 31.6. The van der Waals surface area contributed by atoms with Crippen LogP contribution in [0.25, 0.3) is 38.6 Å². The number of hydrogen-bond acceptors (Lipinski definition) is 4. The van der Waals surface area contributed by atoms with Crippen LogP contribution in [0.3, 0.4) is 0 Å². The summed E-state index contributed by atoms with van der Waals surface area (Å²) in [6, 6.07) is 40.9. The van der Waals surface area contributed by atoms with Crippen LogP contribution in [-0.4, -0.2) is 18.3 Å². The minimum Gasteiger partial charge on any atom is -0.455 e. The number of para-hydroxylation sites is 2. The van der Waals surface area contributed by atoms with E-state index in [1.165, 1.54) is 16.7 Å². The Bertz CT molecular complexity index is 2380. The quantitative estimate of drug-likeness (QED) is 0.166. The van der Waals surface area contributed by atoms with E-state index >= 15 is 0 Å². The Morgan fingerprint density at radius 1 is 0.627 bits per heavy atom. The van der Waals surface area contributed by atoms with Gasteiger partial charge in [0.2, 0.25) is 0 Å². The molecule has 2 aliphatic carbocycles. The smallest absolute Gasteiger partial charge is 0.455 e. The lowest BCUT2D eigenvalue weighted by Crippen LogP contribution is -2.41. The SMILES string of the molecule is CC1(C)OB(c2ccc(N(c3ccc(C4=CC=CC5CC=CC=C45)cc3)c3ccc(-c4cccc5c4oc4ccccc45)cc3)cc2)OC1(C)C. The summed E-state index contributed by atoms with van der Waals surface area (Å²) in [7, 11) is -0.414. The predicted molar refractivity (Wildman–Crippen MR) is 212 cm³/mol. The Labute approximate surface area is 300 Å². The molecule has 5 heteroatoms. The zero-order chi connectivity index (χ0) is 34.7. The molecule has 9 rings (SSSR count). The van der Waals surface area contributed by atoms with Crippen molar-refractivity contribution >= 4 is 57.2 Å². The molecule has 6 aromatic rings. The highest BCUT2D eigenvalue weighted by atomic mass is 16.7. The van der Waals surface area contributed by atoms with Crippen LogP contribution >= 0.6 is 0 Å². The van der Waals surface area contributed by atoms with E-state index in [4.69, 9.17) is 13.7 Å². The summed E-state index contributed by atoms with van der Waals surface area (Å²) < 4.78 is 19.1. The van der Waals surface area contributed by atoms with Crippen molar-refractivity contribution in [1.82, 2.24) is 0 Å². The Morgan fingerprint density at radius 2 is 1.25 bits per heavy atom. The van der Waals surface area contributed by atoms with Gasteiger partial charge in [0.25, 0.3) is 0 Å². The van der Waals surface area contributed by atoms with E-state index in [-0.39, 0.29) is 0 Å². The van der Waals surface area contributed by atoms with E-state index in [1.807, 2.05) is 12.1 Å². The first-order chi connectivity index (χ1) is 24.8. The monoisotopic (exact) mass is 665 g/mol. The van der Waals surface area contributed by atoms with Gasteiger partial charge >= 0.3 is 7.12 Å². The fourth-order valence-electron chi connectivity index (χ4n) is 7.53. The number of rotatable bonds is 6. The summed E-state index contributed by atoms with van der Waals surface area (Å²) >= 11 is 0. The van der Waals surface area contributed by atoms with E-state index in [0.717, 1.165) is 62.0 Å². The van der Waals surface area contributed by atoms with Crippen molar-refractivity contribution < 1.29 is 13.7 Å². The maximum absolute atomic E-state index is 6.38. The summed E-state index contributed by atoms with van der Waals surface area (Å²) in [5.74, 6) is 0.442. The molecule has 0 amide bonds. The van der Waals surface area contributed by atoms with Gasteiger partial charge in [-0.1, -0.05) is 109 Å². The largest absolute Gasteiger partial charge is 0.494 e. The molecule has 1 fully saturated rings. The third-order valence-corrected chi connectivity index (χ3v) is 11.1. The molecule has 0 spiro atoms. The third-order valence-electron chi connectivity index (χ3n) is 11.1. The van der Waals surface area contributed by atoms with Gasteiger partial charge < -0.3 is 18.6 Å². The number of benzene rings is 5. The molecule has 1 aliphatic heterocycles. The highest BCUT2D eigenvalue weighted by molar-refractivity contribution is 6.62. The molecule has 2 heterocycles. The van der Waals surface area contributed by atoms with Crippen LogP contribution in [0.1, 0.15) is 39.7 Å². The highest BCUT2D eigenvalue weighted by Crippen LogP contribution is 2.42. The van der Waals surface area contributed by atoms with Gasteiger partial charge in [0, 0.05) is 39.3 Å². The maximum Gasteiger partial charge on any atom is 0.494 e. The molecule has 0 saturated carbocycles. The van der Waals surface area contributed by atoms with Crippen LogP contribution in [0.15, 0.2) is 162 Å². The standard InChI is InChI=1S/C46H40BNO3/c1-45(2)46(3,4)51-47(50-45)34-23-29-37(30-24-34)48(35-25-19-32(20-26-35)39-15-9-12-31-11-5-6-13-38(31)39)36-27-21-33(22-28-36)40-16-10-17-42-41-14-7-8-18-43(41)49-44(40)42/h5-10,12-31H,11H2,1-4H3. The Morgan fingerprint density at radius 3 is 1.96 bits per heavy atom. The Kier molecular flexibility index (Phi) is 7.53. The van der Waals surface area contributed by atoms with Crippen LogP contribution in [-0.2, 0) is 9.31 Å². The molecule has 0 bridgehead atoms. The summed E-state index contributed by atoms with van der Waals surface area (Å²) in [6.45, 7) is 8.36. The van der Waals surface area contributed by atoms with Crippen molar-refractivity contribution in [1.29, 1.82) is 0 Å². The normalized spacial score (nSPS) is 18.9. The molecule has 250 valence electrons. The first-order valence-electron chi connectivity index (χ1n) is 17.9. The summed E-state index contributed by atoms with van der Waals surface area (Å²) in [5.41, 5.74) is 11.3. The Balaban J connectivity index is 1.09. The second-order valence-corrected chi connectivity index (χ2v) is 14.7. The minimum absolute atomic E-state index is 0.397. The number of hydrogen-bond donors (Lipinski definition) is 0. The fraction of sp³-hybridized carbons (Fsp3) is 0.174. The van der Waals surface area contributed by atoms with E-state index < -0.39 is 18.3 Å². The number of allylic oxidation sites excluding steroid dienone is 8.